The van der Waals surface area contributed by atoms with Crippen molar-refractivity contribution in [2.24, 2.45) is 0 Å². The minimum atomic E-state index is 0.0685. The zero-order valence-corrected chi connectivity index (χ0v) is 11.2. The lowest BCUT2D eigenvalue weighted by Crippen LogP contribution is -1.99. The van der Waals surface area contributed by atoms with Crippen LogP contribution in [0.15, 0.2) is 53.2 Å². The van der Waals surface area contributed by atoms with Gasteiger partial charge in [-0.3, -0.25) is 4.79 Å². The van der Waals surface area contributed by atoms with Crippen LogP contribution in [0.2, 0.25) is 0 Å². The number of benzene rings is 2. The van der Waals surface area contributed by atoms with Crippen molar-refractivity contribution in [3.05, 3.63) is 64.4 Å². The highest BCUT2D eigenvalue weighted by molar-refractivity contribution is 7.08. The molecule has 0 unspecified atom stereocenters. The quantitative estimate of drug-likeness (QED) is 0.667. The summed E-state index contributed by atoms with van der Waals surface area (Å²) in [5.74, 6) is 0.892. The Balaban J connectivity index is 2.05. The highest BCUT2D eigenvalue weighted by Gasteiger charge is 2.09. The normalized spacial score (nSPS) is 10.6. The highest BCUT2D eigenvalue weighted by Crippen LogP contribution is 2.23. The molecule has 0 amide bonds. The van der Waals surface area contributed by atoms with E-state index in [9.17, 15) is 4.79 Å². The maximum absolute atomic E-state index is 12.3. The smallest absolute Gasteiger partial charge is 0.193 e. The van der Waals surface area contributed by atoms with Crippen LogP contribution in [-0.4, -0.2) is 12.9 Å². The van der Waals surface area contributed by atoms with E-state index in [1.54, 1.807) is 7.11 Å². The Kier molecular flexibility index (Phi) is 3.05. The van der Waals surface area contributed by atoms with E-state index in [0.717, 1.165) is 27.6 Å². The number of methoxy groups -OCH3 is 1. The zero-order valence-electron chi connectivity index (χ0n) is 10.4. The minimum absolute atomic E-state index is 0.0685. The number of carbonyl (C=O) groups excluding carboxylic acids is 1. The van der Waals surface area contributed by atoms with Crippen LogP contribution in [0.25, 0.3) is 10.8 Å². The number of rotatable bonds is 3. The van der Waals surface area contributed by atoms with Gasteiger partial charge in [-0.2, -0.15) is 11.3 Å². The van der Waals surface area contributed by atoms with Gasteiger partial charge in [0.2, 0.25) is 0 Å². The first-order valence-electron chi connectivity index (χ1n) is 5.92. The Morgan fingerprint density at radius 1 is 1.00 bits per heavy atom. The lowest BCUT2D eigenvalue weighted by Gasteiger charge is -2.04. The first-order chi connectivity index (χ1) is 9.28. The molecule has 0 saturated carbocycles. The monoisotopic (exact) mass is 268 g/mol. The Labute approximate surface area is 115 Å². The van der Waals surface area contributed by atoms with Crippen LogP contribution in [0.4, 0.5) is 0 Å². The molecule has 0 atom stereocenters. The van der Waals surface area contributed by atoms with E-state index in [1.165, 1.54) is 11.3 Å². The van der Waals surface area contributed by atoms with Crippen molar-refractivity contribution >= 4 is 27.9 Å². The Morgan fingerprint density at radius 2 is 1.79 bits per heavy atom. The van der Waals surface area contributed by atoms with Crippen molar-refractivity contribution in [1.82, 2.24) is 0 Å². The molecule has 0 spiro atoms. The molecule has 3 rings (SSSR count). The lowest BCUT2D eigenvalue weighted by atomic mass is 10.0. The summed E-state index contributed by atoms with van der Waals surface area (Å²) in [4.78, 5) is 12.3. The summed E-state index contributed by atoms with van der Waals surface area (Å²) in [6.45, 7) is 0. The van der Waals surface area contributed by atoms with Crippen molar-refractivity contribution in [2.45, 2.75) is 0 Å². The fraction of sp³-hybridized carbons (Fsp3) is 0.0625. The average molecular weight is 268 g/mol. The van der Waals surface area contributed by atoms with Gasteiger partial charge in [-0.15, -0.1) is 0 Å². The van der Waals surface area contributed by atoms with Crippen LogP contribution < -0.4 is 4.74 Å². The Bertz CT molecular complexity index is 730. The third-order valence-corrected chi connectivity index (χ3v) is 3.78. The summed E-state index contributed by atoms with van der Waals surface area (Å²) in [7, 11) is 1.65. The molecule has 0 fully saturated rings. The van der Waals surface area contributed by atoms with Crippen LogP contribution in [0.1, 0.15) is 15.9 Å². The summed E-state index contributed by atoms with van der Waals surface area (Å²) in [5.41, 5.74) is 1.47. The minimum Gasteiger partial charge on any atom is -0.497 e. The van der Waals surface area contributed by atoms with Crippen LogP contribution in [0.5, 0.6) is 5.75 Å². The van der Waals surface area contributed by atoms with Crippen molar-refractivity contribution < 1.29 is 9.53 Å². The first-order valence-corrected chi connectivity index (χ1v) is 6.87. The third kappa shape index (κ3) is 2.25. The van der Waals surface area contributed by atoms with E-state index >= 15 is 0 Å². The number of carbonyl (C=O) groups is 1. The maximum Gasteiger partial charge on any atom is 0.193 e. The number of ether oxygens (including phenoxy) is 1. The van der Waals surface area contributed by atoms with E-state index in [0.29, 0.717) is 0 Å². The SMILES string of the molecule is COc1ccc2cc(C(=O)c3ccsc3)ccc2c1. The second-order valence-corrected chi connectivity index (χ2v) is 5.05. The van der Waals surface area contributed by atoms with E-state index in [4.69, 9.17) is 4.74 Å². The molecule has 19 heavy (non-hydrogen) atoms. The standard InChI is InChI=1S/C16H12O2S/c1-18-15-5-4-11-8-13(3-2-12(11)9-15)16(17)14-6-7-19-10-14/h2-10H,1H3. The Morgan fingerprint density at radius 3 is 2.53 bits per heavy atom. The molecule has 0 bridgehead atoms. The molecular formula is C16H12O2S. The predicted molar refractivity (Wildman–Crippen MR) is 78.3 cm³/mol. The summed E-state index contributed by atoms with van der Waals surface area (Å²) >= 11 is 1.53. The predicted octanol–water partition coefficient (Wildman–Crippen LogP) is 4.14. The van der Waals surface area contributed by atoms with Crippen LogP contribution in [0.3, 0.4) is 0 Å². The van der Waals surface area contributed by atoms with Gasteiger partial charge in [0.25, 0.3) is 0 Å². The maximum atomic E-state index is 12.3. The molecule has 2 nitrogen and oxygen atoms in total. The van der Waals surface area contributed by atoms with Gasteiger partial charge < -0.3 is 4.74 Å². The fourth-order valence-electron chi connectivity index (χ4n) is 2.05. The van der Waals surface area contributed by atoms with Crippen molar-refractivity contribution in [2.75, 3.05) is 7.11 Å². The highest BCUT2D eigenvalue weighted by atomic mass is 32.1. The molecule has 1 aromatic heterocycles. The number of hydrogen-bond acceptors (Lipinski definition) is 3. The summed E-state index contributed by atoms with van der Waals surface area (Å²) in [5, 5.41) is 5.91. The summed E-state index contributed by atoms with van der Waals surface area (Å²) < 4.78 is 5.19. The van der Waals surface area contributed by atoms with E-state index in [2.05, 4.69) is 0 Å². The molecule has 3 heteroatoms. The Hall–Kier alpha value is -2.13. The van der Waals surface area contributed by atoms with Gasteiger partial charge in [0.15, 0.2) is 5.78 Å². The van der Waals surface area contributed by atoms with Crippen molar-refractivity contribution in [1.29, 1.82) is 0 Å². The molecule has 94 valence electrons. The molecule has 1 heterocycles. The zero-order chi connectivity index (χ0) is 13.2. The molecule has 3 aromatic rings. The second kappa shape index (κ2) is 4.86. The van der Waals surface area contributed by atoms with E-state index < -0.39 is 0 Å². The molecule has 0 aliphatic heterocycles. The molecule has 0 radical (unpaired) electrons. The van der Waals surface area contributed by atoms with Crippen LogP contribution in [0, 0.1) is 0 Å². The third-order valence-electron chi connectivity index (χ3n) is 3.09. The van der Waals surface area contributed by atoms with Gasteiger partial charge in [-0.05, 0) is 40.4 Å². The molecule has 2 aromatic carbocycles. The van der Waals surface area contributed by atoms with Crippen LogP contribution >= 0.6 is 11.3 Å². The molecule has 0 aliphatic carbocycles. The van der Waals surface area contributed by atoms with E-state index in [1.807, 2.05) is 53.2 Å². The molecule has 0 aliphatic rings. The van der Waals surface area contributed by atoms with Gasteiger partial charge in [-0.1, -0.05) is 18.2 Å². The number of fused-ring (bicyclic) bond motifs is 1. The molecule has 0 N–H and O–H groups in total. The second-order valence-electron chi connectivity index (χ2n) is 4.27. The van der Waals surface area contributed by atoms with Gasteiger partial charge in [0.05, 0.1) is 7.11 Å². The van der Waals surface area contributed by atoms with Crippen LogP contribution in [-0.2, 0) is 0 Å². The lowest BCUT2D eigenvalue weighted by molar-refractivity contribution is 0.103. The van der Waals surface area contributed by atoms with Gasteiger partial charge in [0, 0.05) is 16.5 Å². The van der Waals surface area contributed by atoms with Gasteiger partial charge in [0.1, 0.15) is 5.75 Å². The largest absolute Gasteiger partial charge is 0.497 e. The van der Waals surface area contributed by atoms with Crippen molar-refractivity contribution in [3.63, 3.8) is 0 Å². The molecular weight excluding hydrogens is 256 g/mol. The van der Waals surface area contributed by atoms with Gasteiger partial charge in [-0.25, -0.2) is 0 Å². The number of ketones is 1. The fourth-order valence-corrected chi connectivity index (χ4v) is 2.69. The van der Waals surface area contributed by atoms with Crippen molar-refractivity contribution in [3.8, 4) is 5.75 Å². The average Bonchev–Trinajstić information content (AvgIpc) is 2.99. The molecule has 0 saturated heterocycles. The summed E-state index contributed by atoms with van der Waals surface area (Å²) in [6, 6.07) is 13.4. The van der Waals surface area contributed by atoms with Gasteiger partial charge >= 0.3 is 0 Å². The topological polar surface area (TPSA) is 26.3 Å². The number of hydrogen-bond donors (Lipinski definition) is 0. The first kappa shape index (κ1) is 11.9. The number of thiophene rings is 1. The summed E-state index contributed by atoms with van der Waals surface area (Å²) in [6.07, 6.45) is 0. The van der Waals surface area contributed by atoms with E-state index in [-0.39, 0.29) is 5.78 Å².